The van der Waals surface area contributed by atoms with E-state index in [9.17, 15) is 14.4 Å². The Morgan fingerprint density at radius 2 is 1.80 bits per heavy atom. The number of hydrogen-bond donors (Lipinski definition) is 3. The lowest BCUT2D eigenvalue weighted by molar-refractivity contribution is -0.134. The summed E-state index contributed by atoms with van der Waals surface area (Å²) in [5.74, 6) is -1.57. The number of ether oxygens (including phenoxy) is 1. The number of fused-ring (bicyclic) bond motifs is 2. The number of rotatable bonds is 9. The molecular formula is C30H35N3O6S. The average molecular weight is 566 g/mol. The molecule has 3 N–H and O–H groups in total. The number of hydrogen-bond acceptors (Lipinski definition) is 7. The molecule has 10 heteroatoms. The molecule has 0 unspecified atom stereocenters. The van der Waals surface area contributed by atoms with Crippen molar-refractivity contribution in [3.8, 4) is 5.75 Å². The van der Waals surface area contributed by atoms with Crippen molar-refractivity contribution in [3.05, 3.63) is 65.6 Å². The van der Waals surface area contributed by atoms with Crippen LogP contribution in [0.2, 0.25) is 0 Å². The van der Waals surface area contributed by atoms with Gasteiger partial charge in [-0.25, -0.2) is 9.59 Å². The van der Waals surface area contributed by atoms with Gasteiger partial charge in [-0.1, -0.05) is 12.1 Å². The Labute approximate surface area is 237 Å². The molecular weight excluding hydrogens is 530 g/mol. The van der Waals surface area contributed by atoms with E-state index in [0.29, 0.717) is 25.2 Å². The molecule has 40 heavy (non-hydrogen) atoms. The van der Waals surface area contributed by atoms with Crippen molar-refractivity contribution < 1.29 is 29.3 Å². The van der Waals surface area contributed by atoms with Gasteiger partial charge in [-0.05, 0) is 74.0 Å². The summed E-state index contributed by atoms with van der Waals surface area (Å²) in [6.45, 7) is 6.34. The molecule has 212 valence electrons. The molecule has 2 aliphatic heterocycles. The Kier molecular flexibility index (Phi) is 10.5. The summed E-state index contributed by atoms with van der Waals surface area (Å²) in [5, 5.41) is 22.2. The molecule has 1 fully saturated rings. The van der Waals surface area contributed by atoms with E-state index in [0.717, 1.165) is 56.9 Å². The van der Waals surface area contributed by atoms with E-state index in [1.54, 1.807) is 0 Å². The van der Waals surface area contributed by atoms with Crippen molar-refractivity contribution in [2.24, 2.45) is 0 Å². The molecule has 9 nitrogen and oxygen atoms in total. The van der Waals surface area contributed by atoms with E-state index in [1.807, 2.05) is 23.5 Å². The number of carbonyl (C=O) groups is 3. The highest BCUT2D eigenvalue weighted by Gasteiger charge is 2.17. The van der Waals surface area contributed by atoms with Crippen LogP contribution in [0.4, 0.5) is 11.4 Å². The smallest absolute Gasteiger partial charge is 0.328 e. The molecule has 1 saturated heterocycles. The van der Waals surface area contributed by atoms with Gasteiger partial charge in [0.05, 0.1) is 6.61 Å². The van der Waals surface area contributed by atoms with Gasteiger partial charge in [-0.3, -0.25) is 4.79 Å². The van der Waals surface area contributed by atoms with Gasteiger partial charge in [-0.15, -0.1) is 11.3 Å². The topological polar surface area (TPSA) is 119 Å². The van der Waals surface area contributed by atoms with Crippen LogP contribution in [-0.4, -0.2) is 72.3 Å². The van der Waals surface area contributed by atoms with E-state index in [1.165, 1.54) is 34.3 Å². The fourth-order valence-electron chi connectivity index (χ4n) is 4.90. The summed E-state index contributed by atoms with van der Waals surface area (Å²) in [4.78, 5) is 35.9. The number of aliphatic carboxylic acids is 2. The third-order valence-electron chi connectivity index (χ3n) is 6.88. The summed E-state index contributed by atoms with van der Waals surface area (Å²) in [6.07, 6.45) is 5.89. The van der Waals surface area contributed by atoms with Crippen LogP contribution in [0.25, 0.3) is 10.1 Å². The number of nitrogens with one attached hydrogen (secondary N) is 1. The van der Waals surface area contributed by atoms with Crippen molar-refractivity contribution in [2.75, 3.05) is 49.5 Å². The maximum atomic E-state index is 11.6. The zero-order chi connectivity index (χ0) is 28.3. The van der Waals surface area contributed by atoms with Gasteiger partial charge in [0.1, 0.15) is 5.75 Å². The molecule has 0 bridgehead atoms. The van der Waals surface area contributed by atoms with Gasteiger partial charge in [-0.2, -0.15) is 0 Å². The van der Waals surface area contributed by atoms with Crippen LogP contribution in [0.1, 0.15) is 31.2 Å². The van der Waals surface area contributed by atoms with Gasteiger partial charge in [0.2, 0.25) is 5.91 Å². The van der Waals surface area contributed by atoms with Gasteiger partial charge < -0.3 is 30.1 Å². The number of unbranched alkanes of at least 4 members (excludes halogenated alkanes) is 1. The molecule has 0 spiro atoms. The number of carbonyl (C=O) groups excluding carboxylic acids is 1. The number of carboxylic acid groups (broad SMARTS) is 2. The average Bonchev–Trinajstić information content (AvgIpc) is 3.30. The minimum absolute atomic E-state index is 0.0951. The van der Waals surface area contributed by atoms with Crippen LogP contribution in [0.5, 0.6) is 5.75 Å². The molecule has 3 heterocycles. The molecule has 5 rings (SSSR count). The predicted molar refractivity (Wildman–Crippen MR) is 158 cm³/mol. The normalized spacial score (nSPS) is 15.6. The zero-order valence-electron chi connectivity index (χ0n) is 22.4. The van der Waals surface area contributed by atoms with Gasteiger partial charge in [0.25, 0.3) is 0 Å². The minimum Gasteiger partial charge on any atom is -0.494 e. The van der Waals surface area contributed by atoms with Crippen molar-refractivity contribution in [3.63, 3.8) is 0 Å². The van der Waals surface area contributed by atoms with E-state index < -0.39 is 11.9 Å². The Morgan fingerprint density at radius 3 is 2.60 bits per heavy atom. The van der Waals surface area contributed by atoms with E-state index >= 15 is 0 Å². The second kappa shape index (κ2) is 14.5. The standard InChI is InChI=1S/C26H31N3O2S.C4H4O4/c30-26-10-8-20-7-9-21(19-23(20)27-26)31-17-2-1-12-28-13-4-14-29(16-15-28)24-5-3-6-25-22(24)11-18-32-25;5-3(6)1-2-4(7)8/h3,5-7,9,11,18-19H,1-2,4,8,10,12-17H2,(H,27,30);1-2H,(H,5,6)(H,7,8)/b;2-1+. The first kappa shape index (κ1) is 29.1. The highest BCUT2D eigenvalue weighted by Crippen LogP contribution is 2.31. The lowest BCUT2D eigenvalue weighted by Crippen LogP contribution is -2.31. The van der Waals surface area contributed by atoms with Crippen molar-refractivity contribution in [2.45, 2.75) is 32.1 Å². The summed E-state index contributed by atoms with van der Waals surface area (Å²) < 4.78 is 7.33. The second-order valence-electron chi connectivity index (χ2n) is 9.72. The minimum atomic E-state index is -1.26. The van der Waals surface area contributed by atoms with E-state index in [4.69, 9.17) is 14.9 Å². The van der Waals surface area contributed by atoms with Gasteiger partial charge in [0.15, 0.2) is 0 Å². The molecule has 0 atom stereocenters. The van der Waals surface area contributed by atoms with Gasteiger partial charge >= 0.3 is 11.9 Å². The molecule has 0 aliphatic carbocycles. The van der Waals surface area contributed by atoms with Crippen molar-refractivity contribution in [1.29, 1.82) is 0 Å². The number of carboxylic acids is 2. The maximum Gasteiger partial charge on any atom is 0.328 e. The highest BCUT2D eigenvalue weighted by molar-refractivity contribution is 7.17. The SMILES string of the molecule is O=C(O)/C=C/C(=O)O.O=C1CCc2ccc(OCCCCN3CCCN(c4cccc5sccc45)CC3)cc2N1. The third-order valence-corrected chi connectivity index (χ3v) is 7.77. The Bertz CT molecular complexity index is 1340. The number of benzene rings is 2. The number of thiophene rings is 1. The fraction of sp³-hybridized carbons (Fsp3) is 0.367. The third kappa shape index (κ3) is 8.56. The fourth-order valence-corrected chi connectivity index (χ4v) is 5.71. The van der Waals surface area contributed by atoms with E-state index in [-0.39, 0.29) is 5.91 Å². The van der Waals surface area contributed by atoms with Crippen LogP contribution >= 0.6 is 11.3 Å². The van der Waals surface area contributed by atoms with E-state index in [2.05, 4.69) is 50.8 Å². The number of anilines is 2. The van der Waals surface area contributed by atoms with Crippen molar-refractivity contribution >= 4 is 50.6 Å². The first-order valence-electron chi connectivity index (χ1n) is 13.5. The van der Waals surface area contributed by atoms with Gasteiger partial charge in [0, 0.05) is 65.7 Å². The Morgan fingerprint density at radius 1 is 0.975 bits per heavy atom. The van der Waals surface area contributed by atoms with Crippen LogP contribution in [0, 0.1) is 0 Å². The Balaban J connectivity index is 0.000000406. The zero-order valence-corrected chi connectivity index (χ0v) is 23.2. The molecule has 0 radical (unpaired) electrons. The predicted octanol–water partition coefficient (Wildman–Crippen LogP) is 4.87. The van der Waals surface area contributed by atoms with Crippen LogP contribution in [0.3, 0.4) is 0 Å². The second-order valence-corrected chi connectivity index (χ2v) is 10.7. The van der Waals surface area contributed by atoms with Crippen molar-refractivity contribution in [1.82, 2.24) is 4.90 Å². The largest absolute Gasteiger partial charge is 0.494 e. The van der Waals surface area contributed by atoms with Crippen LogP contribution < -0.4 is 15.0 Å². The number of nitrogens with zero attached hydrogens (tertiary/aromatic N) is 2. The highest BCUT2D eigenvalue weighted by atomic mass is 32.1. The summed E-state index contributed by atoms with van der Waals surface area (Å²) in [6, 6.07) is 15.0. The molecule has 3 aromatic rings. The lowest BCUT2D eigenvalue weighted by Gasteiger charge is -2.24. The maximum absolute atomic E-state index is 11.6. The Hall–Kier alpha value is -3.89. The monoisotopic (exact) mass is 565 g/mol. The first-order chi connectivity index (χ1) is 19.4. The molecule has 0 saturated carbocycles. The summed E-state index contributed by atoms with van der Waals surface area (Å²) in [5.41, 5.74) is 3.49. The number of aryl methyl sites for hydroxylation is 1. The molecule has 1 aromatic heterocycles. The number of amides is 1. The quantitative estimate of drug-likeness (QED) is 0.248. The molecule has 2 aliphatic rings. The van der Waals surface area contributed by atoms with Crippen LogP contribution in [0.15, 0.2) is 60.0 Å². The van der Waals surface area contributed by atoms with Crippen LogP contribution in [-0.2, 0) is 20.8 Å². The first-order valence-corrected chi connectivity index (χ1v) is 14.4. The molecule has 1 amide bonds. The molecule has 2 aromatic carbocycles. The lowest BCUT2D eigenvalue weighted by atomic mass is 10.0. The summed E-state index contributed by atoms with van der Waals surface area (Å²) >= 11 is 1.82. The summed E-state index contributed by atoms with van der Waals surface area (Å²) in [7, 11) is 0.